The number of ether oxygens (including phenoxy) is 2. The fourth-order valence-electron chi connectivity index (χ4n) is 1.96. The van der Waals surface area contributed by atoms with E-state index in [9.17, 15) is 9.50 Å². The highest BCUT2D eigenvalue weighted by Crippen LogP contribution is 2.35. The maximum absolute atomic E-state index is 14.4. The molecule has 1 unspecified atom stereocenters. The van der Waals surface area contributed by atoms with Crippen LogP contribution in [0, 0.1) is 5.82 Å². The lowest BCUT2D eigenvalue weighted by molar-refractivity contribution is 0.178. The van der Waals surface area contributed by atoms with E-state index in [0.717, 1.165) is 5.56 Å². The van der Waals surface area contributed by atoms with Crippen molar-refractivity contribution in [3.05, 3.63) is 59.4 Å². The molecule has 5 heteroatoms. The van der Waals surface area contributed by atoms with Crippen molar-refractivity contribution in [1.82, 2.24) is 0 Å². The molecule has 0 fully saturated rings. The Labute approximate surface area is 122 Å². The number of aliphatic hydroxyl groups is 1. The predicted molar refractivity (Wildman–Crippen MR) is 77.7 cm³/mol. The van der Waals surface area contributed by atoms with Gasteiger partial charge in [0.15, 0.2) is 17.3 Å². The molecule has 2 aromatic carbocycles. The first kappa shape index (κ1) is 15.3. The van der Waals surface area contributed by atoms with Gasteiger partial charge in [-0.15, -0.1) is 0 Å². The minimum atomic E-state index is -1.07. The summed E-state index contributed by atoms with van der Waals surface area (Å²) in [5, 5.41) is 9.72. The van der Waals surface area contributed by atoms with E-state index in [-0.39, 0.29) is 30.2 Å². The van der Waals surface area contributed by atoms with Crippen molar-refractivity contribution in [3.63, 3.8) is 0 Å². The minimum Gasteiger partial charge on any atom is -0.493 e. The topological polar surface area (TPSA) is 64.7 Å². The molecule has 1 atom stereocenters. The third kappa shape index (κ3) is 3.51. The van der Waals surface area contributed by atoms with Crippen molar-refractivity contribution in [2.24, 2.45) is 5.73 Å². The summed E-state index contributed by atoms with van der Waals surface area (Å²) in [5.41, 5.74) is 6.37. The Morgan fingerprint density at radius 3 is 2.52 bits per heavy atom. The van der Waals surface area contributed by atoms with Crippen LogP contribution in [0.4, 0.5) is 4.39 Å². The van der Waals surface area contributed by atoms with Crippen LogP contribution >= 0.6 is 0 Å². The van der Waals surface area contributed by atoms with Crippen molar-refractivity contribution in [1.29, 1.82) is 0 Å². The van der Waals surface area contributed by atoms with Crippen LogP contribution in [-0.4, -0.2) is 18.8 Å². The first-order valence-corrected chi connectivity index (χ1v) is 6.58. The van der Waals surface area contributed by atoms with Gasteiger partial charge in [-0.05, 0) is 17.7 Å². The second kappa shape index (κ2) is 7.06. The average Bonchev–Trinajstić information content (AvgIpc) is 2.53. The van der Waals surface area contributed by atoms with Gasteiger partial charge in [0.2, 0.25) is 0 Å². The van der Waals surface area contributed by atoms with Gasteiger partial charge in [0.05, 0.1) is 13.2 Å². The van der Waals surface area contributed by atoms with E-state index < -0.39 is 11.9 Å². The van der Waals surface area contributed by atoms with Gasteiger partial charge in [0, 0.05) is 12.1 Å². The number of benzene rings is 2. The van der Waals surface area contributed by atoms with Crippen LogP contribution in [0.1, 0.15) is 17.2 Å². The molecular formula is C16H18FNO3. The minimum absolute atomic E-state index is 0.0219. The number of nitrogens with two attached hydrogens (primary N) is 1. The summed E-state index contributed by atoms with van der Waals surface area (Å²) < 4.78 is 25.1. The van der Waals surface area contributed by atoms with Crippen molar-refractivity contribution in [3.8, 4) is 11.5 Å². The zero-order chi connectivity index (χ0) is 15.2. The number of hydrogen-bond donors (Lipinski definition) is 2. The van der Waals surface area contributed by atoms with E-state index in [4.69, 9.17) is 15.2 Å². The molecule has 0 aromatic heterocycles. The molecule has 4 nitrogen and oxygen atoms in total. The quantitative estimate of drug-likeness (QED) is 0.858. The molecule has 0 radical (unpaired) electrons. The summed E-state index contributed by atoms with van der Waals surface area (Å²) in [5.74, 6) is -0.397. The second-order valence-electron chi connectivity index (χ2n) is 4.53. The first-order chi connectivity index (χ1) is 10.2. The lowest BCUT2D eigenvalue weighted by Gasteiger charge is -2.16. The molecule has 0 spiro atoms. The molecule has 0 bridgehead atoms. The standard InChI is InChI=1S/C16H18FNO3/c1-20-14-8-7-12(13(19)9-18)15(17)16(14)21-10-11-5-3-2-4-6-11/h2-8,13,19H,9-10,18H2,1H3. The van der Waals surface area contributed by atoms with Gasteiger partial charge in [0.25, 0.3) is 0 Å². The van der Waals surface area contributed by atoms with Crippen LogP contribution in [0.2, 0.25) is 0 Å². The summed E-state index contributed by atoms with van der Waals surface area (Å²) in [6.45, 7) is 0.137. The lowest BCUT2D eigenvalue weighted by atomic mass is 10.1. The van der Waals surface area contributed by atoms with Crippen LogP contribution in [0.5, 0.6) is 11.5 Å². The first-order valence-electron chi connectivity index (χ1n) is 6.58. The van der Waals surface area contributed by atoms with E-state index >= 15 is 0 Å². The second-order valence-corrected chi connectivity index (χ2v) is 4.53. The molecule has 0 saturated heterocycles. The smallest absolute Gasteiger partial charge is 0.197 e. The number of halogens is 1. The highest BCUT2D eigenvalue weighted by Gasteiger charge is 2.19. The fraction of sp³-hybridized carbons (Fsp3) is 0.250. The van der Waals surface area contributed by atoms with Crippen LogP contribution in [0.15, 0.2) is 42.5 Å². The van der Waals surface area contributed by atoms with Gasteiger partial charge in [-0.25, -0.2) is 4.39 Å². The van der Waals surface area contributed by atoms with Crippen LogP contribution < -0.4 is 15.2 Å². The van der Waals surface area contributed by atoms with Crippen molar-refractivity contribution in [2.45, 2.75) is 12.7 Å². The number of hydrogen-bond acceptors (Lipinski definition) is 4. The third-order valence-electron chi connectivity index (χ3n) is 3.12. The van der Waals surface area contributed by atoms with Gasteiger partial charge in [-0.2, -0.15) is 0 Å². The third-order valence-corrected chi connectivity index (χ3v) is 3.12. The molecule has 2 aromatic rings. The van der Waals surface area contributed by atoms with E-state index in [1.807, 2.05) is 30.3 Å². The summed E-state index contributed by atoms with van der Waals surface area (Å²) >= 11 is 0. The van der Waals surface area contributed by atoms with E-state index in [1.54, 1.807) is 6.07 Å². The summed E-state index contributed by atoms with van der Waals surface area (Å²) in [4.78, 5) is 0. The lowest BCUT2D eigenvalue weighted by Crippen LogP contribution is -2.14. The Kier molecular flexibility index (Phi) is 5.14. The van der Waals surface area contributed by atoms with Crippen LogP contribution in [-0.2, 0) is 6.61 Å². The van der Waals surface area contributed by atoms with Crippen molar-refractivity contribution >= 4 is 0 Å². The van der Waals surface area contributed by atoms with Crippen molar-refractivity contribution < 1.29 is 19.0 Å². The maximum Gasteiger partial charge on any atom is 0.197 e. The molecule has 0 saturated carbocycles. The predicted octanol–water partition coefficient (Wildman–Crippen LogP) is 2.41. The maximum atomic E-state index is 14.4. The molecule has 0 aliphatic carbocycles. The number of aliphatic hydroxyl groups excluding tert-OH is 1. The molecule has 0 aliphatic rings. The Hall–Kier alpha value is -2.11. The molecule has 3 N–H and O–H groups in total. The van der Waals surface area contributed by atoms with Crippen LogP contribution in [0.3, 0.4) is 0 Å². The van der Waals surface area contributed by atoms with Gasteiger partial charge in [0.1, 0.15) is 6.61 Å². The van der Waals surface area contributed by atoms with Gasteiger partial charge in [-0.3, -0.25) is 0 Å². The van der Waals surface area contributed by atoms with Gasteiger partial charge < -0.3 is 20.3 Å². The Morgan fingerprint density at radius 2 is 1.90 bits per heavy atom. The Morgan fingerprint density at radius 1 is 1.19 bits per heavy atom. The summed E-state index contributed by atoms with van der Waals surface area (Å²) in [6.07, 6.45) is -1.07. The highest BCUT2D eigenvalue weighted by atomic mass is 19.1. The van der Waals surface area contributed by atoms with Crippen molar-refractivity contribution in [2.75, 3.05) is 13.7 Å². The molecule has 2 rings (SSSR count). The molecule has 0 aliphatic heterocycles. The Balaban J connectivity index is 2.27. The fourth-order valence-corrected chi connectivity index (χ4v) is 1.96. The molecule has 21 heavy (non-hydrogen) atoms. The molecule has 0 amide bonds. The summed E-state index contributed by atoms with van der Waals surface area (Å²) in [7, 11) is 1.43. The van der Waals surface area contributed by atoms with E-state index in [2.05, 4.69) is 0 Å². The average molecular weight is 291 g/mol. The molecule has 112 valence electrons. The normalized spacial score (nSPS) is 12.0. The summed E-state index contributed by atoms with van der Waals surface area (Å²) in [6, 6.07) is 12.4. The van der Waals surface area contributed by atoms with Gasteiger partial charge >= 0.3 is 0 Å². The zero-order valence-corrected chi connectivity index (χ0v) is 11.8. The van der Waals surface area contributed by atoms with Crippen LogP contribution in [0.25, 0.3) is 0 Å². The molecule has 0 heterocycles. The van der Waals surface area contributed by atoms with E-state index in [0.29, 0.717) is 0 Å². The Bertz CT molecular complexity index is 590. The largest absolute Gasteiger partial charge is 0.493 e. The number of methoxy groups -OCH3 is 1. The highest BCUT2D eigenvalue weighted by molar-refractivity contribution is 5.45. The monoisotopic (exact) mass is 291 g/mol. The molecular weight excluding hydrogens is 273 g/mol. The van der Waals surface area contributed by atoms with Gasteiger partial charge in [-0.1, -0.05) is 30.3 Å². The number of rotatable bonds is 6. The zero-order valence-electron chi connectivity index (χ0n) is 11.8. The SMILES string of the molecule is COc1ccc(C(O)CN)c(F)c1OCc1ccccc1. The van der Waals surface area contributed by atoms with E-state index in [1.165, 1.54) is 13.2 Å².